The third-order valence-electron chi connectivity index (χ3n) is 4.71. The number of aryl methyl sites for hydroxylation is 1. The topological polar surface area (TPSA) is 55.6 Å². The van der Waals surface area contributed by atoms with Crippen LogP contribution in [0.25, 0.3) is 0 Å². The van der Waals surface area contributed by atoms with Gasteiger partial charge in [0.15, 0.2) is 4.80 Å². The summed E-state index contributed by atoms with van der Waals surface area (Å²) in [7, 11) is 3.56. The van der Waals surface area contributed by atoms with Crippen LogP contribution in [0, 0.1) is 0 Å². The molecule has 3 rings (SSSR count). The Morgan fingerprint density at radius 2 is 1.86 bits per heavy atom. The molecule has 0 saturated heterocycles. The van der Waals surface area contributed by atoms with E-state index >= 15 is 0 Å². The number of rotatable bonds is 8. The predicted octanol–water partition coefficient (Wildman–Crippen LogP) is 4.85. The van der Waals surface area contributed by atoms with Gasteiger partial charge in [-0.15, -0.1) is 11.3 Å². The zero-order chi connectivity index (χ0) is 20.6. The molecule has 0 saturated carbocycles. The van der Waals surface area contributed by atoms with E-state index in [1.807, 2.05) is 41.3 Å². The van der Waals surface area contributed by atoms with Crippen LogP contribution in [0.2, 0.25) is 0 Å². The number of hydrogen-bond donors (Lipinski definition) is 1. The normalized spacial score (nSPS) is 11.5. The fourth-order valence-electron chi connectivity index (χ4n) is 2.94. The molecule has 0 aliphatic carbocycles. The van der Waals surface area contributed by atoms with Crippen molar-refractivity contribution in [1.82, 2.24) is 4.57 Å². The summed E-state index contributed by atoms with van der Waals surface area (Å²) in [5.41, 5.74) is 3.95. The fourth-order valence-corrected chi connectivity index (χ4v) is 3.85. The second-order valence-corrected chi connectivity index (χ2v) is 7.74. The molecule has 6 heteroatoms. The van der Waals surface area contributed by atoms with Crippen molar-refractivity contribution in [2.45, 2.75) is 32.6 Å². The molecule has 2 aromatic carbocycles. The van der Waals surface area contributed by atoms with Gasteiger partial charge < -0.3 is 14.6 Å². The third kappa shape index (κ3) is 5.81. The molecule has 0 aliphatic rings. The molecule has 5 nitrogen and oxygen atoms in total. The summed E-state index contributed by atoms with van der Waals surface area (Å²) in [6.45, 7) is 2.20. The van der Waals surface area contributed by atoms with Crippen LogP contribution in [-0.4, -0.2) is 17.6 Å². The summed E-state index contributed by atoms with van der Waals surface area (Å²) in [5, 5.41) is 4.91. The summed E-state index contributed by atoms with van der Waals surface area (Å²) in [4.78, 5) is 18.0. The Morgan fingerprint density at radius 1 is 1.14 bits per heavy atom. The van der Waals surface area contributed by atoms with Crippen molar-refractivity contribution in [3.05, 3.63) is 70.0 Å². The Morgan fingerprint density at radius 3 is 2.52 bits per heavy atom. The maximum atomic E-state index is 12.4. The average Bonchev–Trinajstić information content (AvgIpc) is 3.07. The molecule has 0 spiro atoms. The number of carbonyl (C=O) groups is 1. The molecule has 0 fully saturated rings. The van der Waals surface area contributed by atoms with E-state index in [-0.39, 0.29) is 5.91 Å². The van der Waals surface area contributed by atoms with Crippen molar-refractivity contribution in [2.75, 3.05) is 12.4 Å². The van der Waals surface area contributed by atoms with Gasteiger partial charge in [0.25, 0.3) is 0 Å². The third-order valence-corrected chi connectivity index (χ3v) is 5.68. The van der Waals surface area contributed by atoms with Crippen molar-refractivity contribution in [3.8, 4) is 5.75 Å². The van der Waals surface area contributed by atoms with Crippen molar-refractivity contribution < 1.29 is 9.53 Å². The standard InChI is InChI=1S/C23H27N3O2S/c1-4-5-6-17-7-9-19(10-8-17)25-23-26(2)20(16-29-23)15-22(27)24-18-11-13-21(28-3)14-12-18/h7-14,16H,4-6,15H2,1-3H3,(H,24,27). The molecule has 0 atom stereocenters. The van der Waals surface area contributed by atoms with E-state index in [0.29, 0.717) is 6.42 Å². The molecule has 29 heavy (non-hydrogen) atoms. The zero-order valence-electron chi connectivity index (χ0n) is 17.1. The first-order valence-electron chi connectivity index (χ1n) is 9.80. The van der Waals surface area contributed by atoms with Crippen LogP contribution in [0.1, 0.15) is 31.0 Å². The molecule has 1 aromatic heterocycles. The first kappa shape index (κ1) is 20.9. The smallest absolute Gasteiger partial charge is 0.230 e. The molecular formula is C23H27N3O2S. The molecule has 1 amide bonds. The van der Waals surface area contributed by atoms with Gasteiger partial charge in [0.2, 0.25) is 5.91 Å². The Labute approximate surface area is 175 Å². The summed E-state index contributed by atoms with van der Waals surface area (Å²) < 4.78 is 7.11. The van der Waals surface area contributed by atoms with Crippen molar-refractivity contribution in [2.24, 2.45) is 12.0 Å². The molecule has 1 N–H and O–H groups in total. The van der Waals surface area contributed by atoms with E-state index in [4.69, 9.17) is 9.73 Å². The van der Waals surface area contributed by atoms with Gasteiger partial charge in [0, 0.05) is 23.8 Å². The van der Waals surface area contributed by atoms with Crippen molar-refractivity contribution in [1.29, 1.82) is 0 Å². The SMILES string of the molecule is CCCCc1ccc(N=c2scc(CC(=O)Nc3ccc(OC)cc3)n2C)cc1. The van der Waals surface area contributed by atoms with Crippen LogP contribution in [0.5, 0.6) is 5.75 Å². The summed E-state index contributed by atoms with van der Waals surface area (Å²) >= 11 is 1.54. The number of ether oxygens (including phenoxy) is 1. The minimum Gasteiger partial charge on any atom is -0.497 e. The largest absolute Gasteiger partial charge is 0.497 e. The van der Waals surface area contributed by atoms with Crippen LogP contribution in [0.3, 0.4) is 0 Å². The van der Waals surface area contributed by atoms with Crippen molar-refractivity contribution in [3.63, 3.8) is 0 Å². The molecule has 0 bridgehead atoms. The first-order valence-corrected chi connectivity index (χ1v) is 10.7. The first-order chi connectivity index (χ1) is 14.1. The van der Waals surface area contributed by atoms with Gasteiger partial charge in [-0.2, -0.15) is 0 Å². The maximum Gasteiger partial charge on any atom is 0.230 e. The number of thiazole rings is 1. The van der Waals surface area contributed by atoms with Gasteiger partial charge >= 0.3 is 0 Å². The number of anilines is 1. The lowest BCUT2D eigenvalue weighted by atomic mass is 10.1. The van der Waals surface area contributed by atoms with Crippen molar-refractivity contribution >= 4 is 28.6 Å². The second-order valence-electron chi connectivity index (χ2n) is 6.90. The van der Waals surface area contributed by atoms with Gasteiger partial charge in [0.05, 0.1) is 19.2 Å². The van der Waals surface area contributed by atoms with E-state index in [1.165, 1.54) is 18.4 Å². The van der Waals surface area contributed by atoms with E-state index in [1.54, 1.807) is 18.4 Å². The van der Waals surface area contributed by atoms with Gasteiger partial charge in [-0.3, -0.25) is 4.79 Å². The number of amides is 1. The lowest BCUT2D eigenvalue weighted by Crippen LogP contribution is -2.19. The van der Waals surface area contributed by atoms with E-state index in [9.17, 15) is 4.79 Å². The number of unbranched alkanes of at least 4 members (excludes halogenated alkanes) is 1. The fraction of sp³-hybridized carbons (Fsp3) is 0.304. The molecule has 152 valence electrons. The highest BCUT2D eigenvalue weighted by Gasteiger charge is 2.09. The minimum atomic E-state index is -0.0598. The highest BCUT2D eigenvalue weighted by molar-refractivity contribution is 7.07. The molecule has 1 heterocycles. The molecular weight excluding hydrogens is 382 g/mol. The summed E-state index contributed by atoms with van der Waals surface area (Å²) in [6.07, 6.45) is 3.81. The Hall–Kier alpha value is -2.86. The molecule has 0 radical (unpaired) electrons. The Kier molecular flexibility index (Phi) is 7.25. The predicted molar refractivity (Wildman–Crippen MR) is 119 cm³/mol. The lowest BCUT2D eigenvalue weighted by Gasteiger charge is -2.07. The van der Waals surface area contributed by atoms with E-state index in [0.717, 1.165) is 34.0 Å². The number of hydrogen-bond acceptors (Lipinski definition) is 4. The number of nitrogens with zero attached hydrogens (tertiary/aromatic N) is 2. The Bertz CT molecular complexity index is 1000. The van der Waals surface area contributed by atoms with Gasteiger partial charge in [-0.05, 0) is 54.8 Å². The quantitative estimate of drug-likeness (QED) is 0.578. The van der Waals surface area contributed by atoms with Gasteiger partial charge in [0.1, 0.15) is 5.75 Å². The van der Waals surface area contributed by atoms with Crippen LogP contribution in [-0.2, 0) is 24.7 Å². The minimum absolute atomic E-state index is 0.0598. The van der Waals surface area contributed by atoms with Crippen LogP contribution < -0.4 is 14.9 Å². The number of methoxy groups -OCH3 is 1. The number of aromatic nitrogens is 1. The summed E-state index contributed by atoms with van der Waals surface area (Å²) in [6, 6.07) is 15.7. The second kappa shape index (κ2) is 10.1. The molecule has 0 unspecified atom stereocenters. The van der Waals surface area contributed by atoms with E-state index < -0.39 is 0 Å². The summed E-state index contributed by atoms with van der Waals surface area (Å²) in [5.74, 6) is 0.701. The lowest BCUT2D eigenvalue weighted by molar-refractivity contribution is -0.115. The van der Waals surface area contributed by atoms with E-state index in [2.05, 4.69) is 36.5 Å². The van der Waals surface area contributed by atoms with Gasteiger partial charge in [-0.25, -0.2) is 4.99 Å². The molecule has 3 aromatic rings. The van der Waals surface area contributed by atoms with Crippen LogP contribution >= 0.6 is 11.3 Å². The number of nitrogens with one attached hydrogen (secondary N) is 1. The zero-order valence-corrected chi connectivity index (χ0v) is 18.0. The average molecular weight is 410 g/mol. The van der Waals surface area contributed by atoms with Gasteiger partial charge in [-0.1, -0.05) is 25.5 Å². The molecule has 0 aliphatic heterocycles. The van der Waals surface area contributed by atoms with Crippen LogP contribution in [0.15, 0.2) is 58.9 Å². The van der Waals surface area contributed by atoms with Crippen LogP contribution in [0.4, 0.5) is 11.4 Å². The highest BCUT2D eigenvalue weighted by Crippen LogP contribution is 2.16. The maximum absolute atomic E-state index is 12.4. The highest BCUT2D eigenvalue weighted by atomic mass is 32.1. The monoisotopic (exact) mass is 409 g/mol. The Balaban J connectivity index is 1.66. The number of benzene rings is 2. The number of carbonyl (C=O) groups excluding carboxylic acids is 1.